The Bertz CT molecular complexity index is 1060. The second-order valence-electron chi connectivity index (χ2n) is 10.2. The minimum atomic E-state index is 0. The van der Waals surface area contributed by atoms with E-state index in [-0.39, 0.29) is 26.2 Å². The third-order valence-electron chi connectivity index (χ3n) is 8.64. The average molecular weight is 690 g/mol. The monoisotopic (exact) mass is 689 g/mol. The van der Waals surface area contributed by atoms with Crippen LogP contribution < -0.4 is 24.3 Å². The molecule has 4 atom stereocenters. The fourth-order valence-corrected chi connectivity index (χ4v) is 6.74. The van der Waals surface area contributed by atoms with Gasteiger partial charge in [0.05, 0.1) is 28.4 Å². The first-order valence-electron chi connectivity index (χ1n) is 13.1. The number of fused-ring (bicyclic) bond motifs is 4. The first-order valence-corrected chi connectivity index (χ1v) is 13.1. The zero-order valence-corrected chi connectivity index (χ0v) is 25.8. The minimum absolute atomic E-state index is 0. The number of nitrogens with one attached hydrogen (secondary N) is 1. The summed E-state index contributed by atoms with van der Waals surface area (Å²) in [5.41, 5.74) is 5.60. The van der Waals surface area contributed by atoms with Crippen molar-refractivity contribution in [1.82, 2.24) is 10.2 Å². The van der Waals surface area contributed by atoms with E-state index in [1.165, 1.54) is 41.6 Å². The Morgan fingerprint density at radius 2 is 1.39 bits per heavy atom. The second kappa shape index (κ2) is 11.9. The molecule has 3 radical (unpaired) electrons. The topological polar surface area (TPSA) is 52.2 Å². The summed E-state index contributed by atoms with van der Waals surface area (Å²) < 4.78 is 22.5. The number of rotatable bonds is 7. The smallest absolute Gasteiger partial charge is 0.161 e. The zero-order chi connectivity index (χ0) is 24.5. The molecule has 3 aliphatic heterocycles. The van der Waals surface area contributed by atoms with Crippen molar-refractivity contribution in [1.29, 1.82) is 0 Å². The molecule has 2 aromatic carbocycles. The van der Waals surface area contributed by atoms with Crippen molar-refractivity contribution in [2.24, 2.45) is 11.8 Å². The van der Waals surface area contributed by atoms with E-state index in [1.807, 2.05) is 0 Å². The fourth-order valence-electron chi connectivity index (χ4n) is 6.74. The maximum Gasteiger partial charge on any atom is 0.161 e. The Balaban J connectivity index is 0.00000304. The third kappa shape index (κ3) is 5.08. The molecule has 1 N–H and O–H groups in total. The molecule has 3 heterocycles. The summed E-state index contributed by atoms with van der Waals surface area (Å²) in [6, 6.07) is 9.61. The quantitative estimate of drug-likeness (QED) is 0.431. The van der Waals surface area contributed by atoms with Gasteiger partial charge in [0.25, 0.3) is 0 Å². The summed E-state index contributed by atoms with van der Waals surface area (Å²) in [6.07, 6.45) is 5.65. The summed E-state index contributed by atoms with van der Waals surface area (Å²) in [6.45, 7) is 5.66. The van der Waals surface area contributed by atoms with Crippen molar-refractivity contribution in [2.45, 2.75) is 51.1 Å². The summed E-state index contributed by atoms with van der Waals surface area (Å²) in [5, 5.41) is 3.83. The van der Waals surface area contributed by atoms with Crippen LogP contribution >= 0.6 is 0 Å². The molecule has 0 amide bonds. The molecule has 0 aromatic heterocycles. The van der Waals surface area contributed by atoms with Crippen LogP contribution in [0.15, 0.2) is 24.3 Å². The molecule has 6 nitrogen and oxygen atoms in total. The molecular formula is C29H40BiN2O4. The predicted molar refractivity (Wildman–Crippen MR) is 144 cm³/mol. The Kier molecular flexibility index (Phi) is 9.06. The zero-order valence-electron chi connectivity index (χ0n) is 22.3. The molecule has 2 aromatic rings. The first kappa shape index (κ1) is 27.5. The van der Waals surface area contributed by atoms with Crippen LogP contribution in [0.5, 0.6) is 23.0 Å². The second-order valence-corrected chi connectivity index (χ2v) is 10.2. The summed E-state index contributed by atoms with van der Waals surface area (Å²) in [5.74, 6) is 4.69. The predicted octanol–water partition coefficient (Wildman–Crippen LogP) is 4.56. The van der Waals surface area contributed by atoms with E-state index in [0.29, 0.717) is 23.9 Å². The number of benzene rings is 2. The third-order valence-corrected chi connectivity index (χ3v) is 8.64. The Morgan fingerprint density at radius 3 is 2.00 bits per heavy atom. The van der Waals surface area contributed by atoms with Gasteiger partial charge in [0.15, 0.2) is 23.0 Å². The molecule has 3 aliphatic rings. The van der Waals surface area contributed by atoms with E-state index >= 15 is 0 Å². The van der Waals surface area contributed by atoms with Gasteiger partial charge in [0, 0.05) is 51.4 Å². The van der Waals surface area contributed by atoms with E-state index in [2.05, 4.69) is 41.4 Å². The van der Waals surface area contributed by atoms with Crippen LogP contribution in [-0.2, 0) is 12.8 Å². The summed E-state index contributed by atoms with van der Waals surface area (Å²) in [7, 11) is 6.90. The largest absolute Gasteiger partial charge is 0.493 e. The fraction of sp³-hybridized carbons (Fsp3) is 0.586. The standard InChI is InChI=1S/C29H40N2O4.Bi/c1-6-18-17-31-10-8-20-14-27(33-3)29(35-5)16-23(20)25(31)12-21(18)11-24-22-15-28(34-4)26(32-2)13-19(22)7-9-30-24;/h13-16,18,21,24-25,30H,6-12,17H2,1-5H3;/t18-,21-,24+,25-;/m0./s1. The van der Waals surface area contributed by atoms with Crippen molar-refractivity contribution < 1.29 is 18.9 Å². The van der Waals surface area contributed by atoms with E-state index < -0.39 is 0 Å². The van der Waals surface area contributed by atoms with Crippen LogP contribution in [-0.4, -0.2) is 79.2 Å². The molecule has 0 unspecified atom stereocenters. The van der Waals surface area contributed by atoms with Crippen LogP contribution in [0, 0.1) is 11.8 Å². The summed E-state index contributed by atoms with van der Waals surface area (Å²) in [4.78, 5) is 2.72. The number of piperidine rings is 1. The molecule has 0 saturated carbocycles. The van der Waals surface area contributed by atoms with Gasteiger partial charge in [-0.1, -0.05) is 13.3 Å². The van der Waals surface area contributed by atoms with Crippen LogP contribution in [0.3, 0.4) is 0 Å². The molecule has 0 bridgehead atoms. The SMILES string of the molecule is CC[C@H]1CN2CCc3cc(OC)c(OC)cc3[C@@H]2C[C@@H]1C[C@H]1NCCc2cc(OC)c(OC)cc21.[Bi]. The van der Waals surface area contributed by atoms with Crippen LogP contribution in [0.1, 0.15) is 60.5 Å². The first-order chi connectivity index (χ1) is 17.1. The molecule has 36 heavy (non-hydrogen) atoms. The average Bonchev–Trinajstić information content (AvgIpc) is 2.91. The molecular weight excluding hydrogens is 649 g/mol. The number of ether oxygens (including phenoxy) is 4. The Morgan fingerprint density at radius 1 is 0.806 bits per heavy atom. The van der Waals surface area contributed by atoms with Gasteiger partial charge in [0.1, 0.15) is 0 Å². The van der Waals surface area contributed by atoms with Crippen LogP contribution in [0.2, 0.25) is 0 Å². The van der Waals surface area contributed by atoms with Gasteiger partial charge in [0.2, 0.25) is 0 Å². The molecule has 5 rings (SSSR count). The van der Waals surface area contributed by atoms with Gasteiger partial charge >= 0.3 is 0 Å². The maximum atomic E-state index is 5.68. The van der Waals surface area contributed by atoms with E-state index in [1.54, 1.807) is 28.4 Å². The van der Waals surface area contributed by atoms with Gasteiger partial charge in [-0.05, 0) is 90.6 Å². The number of hydrogen-bond acceptors (Lipinski definition) is 6. The van der Waals surface area contributed by atoms with Gasteiger partial charge in [-0.2, -0.15) is 0 Å². The van der Waals surface area contributed by atoms with Crippen LogP contribution in [0.25, 0.3) is 0 Å². The molecule has 1 fully saturated rings. The van der Waals surface area contributed by atoms with E-state index in [0.717, 1.165) is 55.4 Å². The molecule has 7 heteroatoms. The van der Waals surface area contributed by atoms with Crippen molar-refractivity contribution in [3.63, 3.8) is 0 Å². The summed E-state index contributed by atoms with van der Waals surface area (Å²) >= 11 is 0. The minimum Gasteiger partial charge on any atom is -0.493 e. The molecule has 0 aliphatic carbocycles. The van der Waals surface area contributed by atoms with Gasteiger partial charge in [-0.15, -0.1) is 0 Å². The van der Waals surface area contributed by atoms with Gasteiger partial charge < -0.3 is 24.3 Å². The van der Waals surface area contributed by atoms with Gasteiger partial charge in [-0.25, -0.2) is 0 Å². The molecule has 1 saturated heterocycles. The van der Waals surface area contributed by atoms with E-state index in [4.69, 9.17) is 18.9 Å². The Hall–Kier alpha value is -1.56. The van der Waals surface area contributed by atoms with Crippen LogP contribution in [0.4, 0.5) is 0 Å². The number of methoxy groups -OCH3 is 4. The van der Waals surface area contributed by atoms with Crippen molar-refractivity contribution >= 4 is 26.2 Å². The van der Waals surface area contributed by atoms with Crippen molar-refractivity contribution in [3.8, 4) is 23.0 Å². The maximum absolute atomic E-state index is 5.68. The molecule has 0 spiro atoms. The van der Waals surface area contributed by atoms with E-state index in [9.17, 15) is 0 Å². The van der Waals surface area contributed by atoms with Crippen molar-refractivity contribution in [3.05, 3.63) is 46.5 Å². The molecule has 195 valence electrons. The normalized spacial score (nSPS) is 25.0. The van der Waals surface area contributed by atoms with Gasteiger partial charge in [-0.3, -0.25) is 4.90 Å². The Labute approximate surface area is 235 Å². The van der Waals surface area contributed by atoms with Crippen molar-refractivity contribution in [2.75, 3.05) is 48.1 Å². The number of nitrogens with zero attached hydrogens (tertiary/aromatic N) is 1. The number of hydrogen-bond donors (Lipinski definition) is 1.